The number of thiazole rings is 1. The number of carbonyl (C=O) groups excluding carboxylic acids is 1. The van der Waals surface area contributed by atoms with E-state index in [9.17, 15) is 19.7 Å². The molecule has 0 aliphatic heterocycles. The average molecular weight is 454 g/mol. The van der Waals surface area contributed by atoms with Crippen LogP contribution in [0.2, 0.25) is 0 Å². The second-order valence-electron chi connectivity index (χ2n) is 7.14. The second kappa shape index (κ2) is 8.63. The van der Waals surface area contributed by atoms with Crippen molar-refractivity contribution in [3.8, 4) is 17.0 Å². The Morgan fingerprint density at radius 2 is 2.03 bits per heavy atom. The molecule has 0 atom stereocenters. The number of nitro benzene ring substituents is 1. The summed E-state index contributed by atoms with van der Waals surface area (Å²) in [6, 6.07) is 11.2. The Hall–Kier alpha value is -3.99. The first-order chi connectivity index (χ1) is 15.3. The normalized spacial score (nSPS) is 11.1. The van der Waals surface area contributed by atoms with Crippen LogP contribution in [-0.4, -0.2) is 26.5 Å². The number of fused-ring (bicyclic) bond motifs is 1. The van der Waals surface area contributed by atoms with Gasteiger partial charge in [0.25, 0.3) is 5.69 Å². The molecule has 0 saturated heterocycles. The van der Waals surface area contributed by atoms with Gasteiger partial charge >= 0.3 is 5.76 Å². The van der Waals surface area contributed by atoms with E-state index in [4.69, 9.17) is 9.15 Å². The van der Waals surface area contributed by atoms with E-state index in [1.54, 1.807) is 0 Å². The van der Waals surface area contributed by atoms with Crippen molar-refractivity contribution in [1.29, 1.82) is 0 Å². The lowest BCUT2D eigenvalue weighted by molar-refractivity contribution is -0.384. The van der Waals surface area contributed by atoms with Crippen LogP contribution < -0.4 is 15.8 Å². The summed E-state index contributed by atoms with van der Waals surface area (Å²) >= 11 is 1.25. The van der Waals surface area contributed by atoms with E-state index >= 15 is 0 Å². The number of hydrogen-bond donors (Lipinski definition) is 1. The second-order valence-corrected chi connectivity index (χ2v) is 8.00. The molecule has 0 saturated carbocycles. The highest BCUT2D eigenvalue weighted by molar-refractivity contribution is 7.14. The summed E-state index contributed by atoms with van der Waals surface area (Å²) in [6.45, 7) is 3.58. The van der Waals surface area contributed by atoms with Gasteiger partial charge in [0, 0.05) is 17.0 Å². The first-order valence-corrected chi connectivity index (χ1v) is 10.5. The lowest BCUT2D eigenvalue weighted by Crippen LogP contribution is -2.24. The average Bonchev–Trinajstić information content (AvgIpc) is 3.32. The zero-order valence-corrected chi connectivity index (χ0v) is 17.9. The lowest BCUT2D eigenvalue weighted by atomic mass is 10.2. The number of rotatable bonds is 7. The Bertz CT molecular complexity index is 1350. The fourth-order valence-electron chi connectivity index (χ4n) is 3.06. The largest absolute Gasteiger partial charge is 0.491 e. The number of nitro groups is 1. The first kappa shape index (κ1) is 21.2. The first-order valence-electron chi connectivity index (χ1n) is 9.60. The number of carbonyl (C=O) groups is 1. The molecular formula is C21H18N4O6S. The Labute approximate surface area is 185 Å². The summed E-state index contributed by atoms with van der Waals surface area (Å²) in [5, 5.41) is 15.7. The molecular weight excluding hydrogens is 436 g/mol. The van der Waals surface area contributed by atoms with E-state index in [0.717, 1.165) is 21.9 Å². The number of amides is 1. The van der Waals surface area contributed by atoms with Gasteiger partial charge < -0.3 is 14.5 Å². The van der Waals surface area contributed by atoms with Crippen LogP contribution in [0.1, 0.15) is 13.8 Å². The van der Waals surface area contributed by atoms with Crippen molar-refractivity contribution < 1.29 is 18.9 Å². The molecule has 164 valence electrons. The maximum Gasteiger partial charge on any atom is 0.420 e. The van der Waals surface area contributed by atoms with Crippen molar-refractivity contribution in [2.24, 2.45) is 0 Å². The van der Waals surface area contributed by atoms with Gasteiger partial charge in [-0.05, 0) is 44.2 Å². The summed E-state index contributed by atoms with van der Waals surface area (Å²) in [4.78, 5) is 39.3. The molecule has 4 rings (SSSR count). The van der Waals surface area contributed by atoms with Crippen LogP contribution in [0.25, 0.3) is 22.4 Å². The highest BCUT2D eigenvalue weighted by atomic mass is 32.1. The Morgan fingerprint density at radius 3 is 2.72 bits per heavy atom. The summed E-state index contributed by atoms with van der Waals surface area (Å²) < 4.78 is 11.8. The van der Waals surface area contributed by atoms with Gasteiger partial charge in [0.1, 0.15) is 12.3 Å². The number of oxazole rings is 1. The molecule has 10 nitrogen and oxygen atoms in total. The van der Waals surface area contributed by atoms with Gasteiger partial charge in [0.15, 0.2) is 10.7 Å². The molecule has 11 heteroatoms. The predicted molar refractivity (Wildman–Crippen MR) is 119 cm³/mol. The molecule has 1 N–H and O–H groups in total. The third-order valence-electron chi connectivity index (χ3n) is 4.44. The van der Waals surface area contributed by atoms with Crippen LogP contribution in [0.15, 0.2) is 57.1 Å². The molecule has 0 radical (unpaired) electrons. The number of nitrogens with one attached hydrogen (secondary N) is 1. The van der Waals surface area contributed by atoms with Gasteiger partial charge in [0.2, 0.25) is 5.91 Å². The zero-order chi connectivity index (χ0) is 22.8. The summed E-state index contributed by atoms with van der Waals surface area (Å²) in [5.41, 5.74) is 1.69. The van der Waals surface area contributed by atoms with E-state index in [0.29, 0.717) is 16.3 Å². The van der Waals surface area contributed by atoms with Crippen molar-refractivity contribution in [3.05, 3.63) is 68.5 Å². The van der Waals surface area contributed by atoms with E-state index in [-0.39, 0.29) is 23.9 Å². The van der Waals surface area contributed by atoms with E-state index in [2.05, 4.69) is 10.3 Å². The van der Waals surface area contributed by atoms with Crippen LogP contribution in [0.3, 0.4) is 0 Å². The maximum absolute atomic E-state index is 12.5. The number of aromatic nitrogens is 2. The van der Waals surface area contributed by atoms with Crippen molar-refractivity contribution in [1.82, 2.24) is 9.55 Å². The lowest BCUT2D eigenvalue weighted by Gasteiger charge is -2.09. The minimum atomic E-state index is -0.779. The molecule has 0 unspecified atom stereocenters. The van der Waals surface area contributed by atoms with Gasteiger partial charge in [0.05, 0.1) is 28.3 Å². The topological polar surface area (TPSA) is 130 Å². The standard InChI is InChI=1S/C21H18N4O6S/c1-12(2)30-15-6-3-13(4-7-15)16-11-32-20(22-16)23-19(26)10-24-17-8-5-14(25(28)29)9-18(17)31-21(24)27/h3-9,11-12H,10H2,1-2H3,(H,22,23,26). The van der Waals surface area contributed by atoms with Gasteiger partial charge in [-0.15, -0.1) is 11.3 Å². The van der Waals surface area contributed by atoms with Crippen LogP contribution in [0, 0.1) is 10.1 Å². The van der Waals surface area contributed by atoms with Gasteiger partial charge in [-0.2, -0.15) is 0 Å². The van der Waals surface area contributed by atoms with Crippen LogP contribution in [0.5, 0.6) is 5.75 Å². The van der Waals surface area contributed by atoms with E-state index < -0.39 is 16.6 Å². The van der Waals surface area contributed by atoms with Crippen LogP contribution in [0.4, 0.5) is 10.8 Å². The highest BCUT2D eigenvalue weighted by Crippen LogP contribution is 2.27. The maximum atomic E-state index is 12.5. The number of anilines is 1. The quantitative estimate of drug-likeness (QED) is 0.329. The van der Waals surface area contributed by atoms with Gasteiger partial charge in [-0.25, -0.2) is 9.78 Å². The van der Waals surface area contributed by atoms with Gasteiger partial charge in [-0.1, -0.05) is 0 Å². The van der Waals surface area contributed by atoms with Crippen molar-refractivity contribution in [3.63, 3.8) is 0 Å². The molecule has 0 aliphatic rings. The molecule has 4 aromatic rings. The number of hydrogen-bond acceptors (Lipinski definition) is 8. The van der Waals surface area contributed by atoms with Crippen molar-refractivity contribution >= 4 is 39.2 Å². The molecule has 2 aromatic heterocycles. The Kier molecular flexibility index (Phi) is 5.73. The summed E-state index contributed by atoms with van der Waals surface area (Å²) in [6.07, 6.45) is 0.0805. The minimum Gasteiger partial charge on any atom is -0.491 e. The monoisotopic (exact) mass is 454 g/mol. The molecule has 0 bridgehead atoms. The summed E-state index contributed by atoms with van der Waals surface area (Å²) in [5.74, 6) is -0.496. The number of nitrogens with zero attached hydrogens (tertiary/aromatic N) is 3. The highest BCUT2D eigenvalue weighted by Gasteiger charge is 2.17. The van der Waals surface area contributed by atoms with Crippen LogP contribution >= 0.6 is 11.3 Å². The van der Waals surface area contributed by atoms with Crippen molar-refractivity contribution in [2.45, 2.75) is 26.5 Å². The Morgan fingerprint density at radius 1 is 1.28 bits per heavy atom. The number of ether oxygens (including phenoxy) is 1. The number of non-ortho nitro benzene ring substituents is 1. The Balaban J connectivity index is 1.46. The molecule has 32 heavy (non-hydrogen) atoms. The third kappa shape index (κ3) is 4.52. The summed E-state index contributed by atoms with van der Waals surface area (Å²) in [7, 11) is 0. The molecule has 0 fully saturated rings. The molecule has 2 aromatic carbocycles. The molecule has 1 amide bonds. The fraction of sp³-hybridized carbons (Fsp3) is 0.190. The predicted octanol–water partition coefficient (Wildman–Crippen LogP) is 4.05. The molecule has 2 heterocycles. The van der Waals surface area contributed by atoms with E-state index in [1.807, 2.05) is 43.5 Å². The van der Waals surface area contributed by atoms with Crippen LogP contribution in [-0.2, 0) is 11.3 Å². The van der Waals surface area contributed by atoms with E-state index in [1.165, 1.54) is 23.5 Å². The van der Waals surface area contributed by atoms with Gasteiger partial charge in [-0.3, -0.25) is 19.5 Å². The fourth-order valence-corrected chi connectivity index (χ4v) is 3.80. The van der Waals surface area contributed by atoms with Crippen molar-refractivity contribution in [2.75, 3.05) is 5.32 Å². The smallest absolute Gasteiger partial charge is 0.420 e. The third-order valence-corrected chi connectivity index (χ3v) is 5.19. The molecule has 0 aliphatic carbocycles. The molecule has 0 spiro atoms. The SMILES string of the molecule is CC(C)Oc1ccc(-c2csc(NC(=O)Cn3c(=O)oc4cc([N+](=O)[O-])ccc43)n2)cc1. The number of benzene rings is 2. The minimum absolute atomic E-state index is 0.0402. The zero-order valence-electron chi connectivity index (χ0n) is 17.1.